The molecule has 0 spiro atoms. The van der Waals surface area contributed by atoms with E-state index in [-0.39, 0.29) is 29.9 Å². The Morgan fingerprint density at radius 2 is 1.67 bits per heavy atom. The Balaban J connectivity index is 0.00000544. The number of nitrogens with one attached hydrogen (secondary N) is 3. The maximum Gasteiger partial charge on any atom is 0.251 e. The number of nitrogens with zero attached hydrogens (tertiary/aromatic N) is 1. The van der Waals surface area contributed by atoms with Gasteiger partial charge in [-0.2, -0.15) is 0 Å². The van der Waals surface area contributed by atoms with E-state index in [4.69, 9.17) is 14.2 Å². The van der Waals surface area contributed by atoms with Crippen LogP contribution in [0.2, 0.25) is 0 Å². The largest absolute Gasteiger partial charge is 0.496 e. The maximum absolute atomic E-state index is 11.8. The topological polar surface area (TPSA) is 93.2 Å². The standard InChI is InChI=1S/C24H34N4O4.HI/c1-6-26-24(27-12-10-17-8-7-9-18(14-17)23(29)25-2)28-13-11-20-21(31-4)15-19(30-3)16-22(20)32-5;/h7-9,14-16H,6,10-13H2,1-5H3,(H,25,29)(H2,26,27,28);1H. The van der Waals surface area contributed by atoms with E-state index in [9.17, 15) is 4.79 Å². The van der Waals surface area contributed by atoms with E-state index in [2.05, 4.69) is 20.9 Å². The summed E-state index contributed by atoms with van der Waals surface area (Å²) in [6, 6.07) is 11.3. The number of guanidine groups is 1. The molecular formula is C24H35IN4O4. The van der Waals surface area contributed by atoms with Crippen molar-refractivity contribution in [3.05, 3.63) is 53.1 Å². The number of methoxy groups -OCH3 is 3. The minimum absolute atomic E-state index is 0. The van der Waals surface area contributed by atoms with Crippen molar-refractivity contribution in [2.75, 3.05) is 48.0 Å². The average molecular weight is 570 g/mol. The summed E-state index contributed by atoms with van der Waals surface area (Å²) in [6.45, 7) is 4.03. The number of carbonyl (C=O) groups excluding carboxylic acids is 1. The van der Waals surface area contributed by atoms with Gasteiger partial charge in [-0.1, -0.05) is 12.1 Å². The van der Waals surface area contributed by atoms with Crippen LogP contribution in [0.1, 0.15) is 28.4 Å². The molecule has 0 heterocycles. The quantitative estimate of drug-likeness (QED) is 0.219. The smallest absolute Gasteiger partial charge is 0.251 e. The van der Waals surface area contributed by atoms with E-state index < -0.39 is 0 Å². The van der Waals surface area contributed by atoms with E-state index in [0.717, 1.165) is 30.1 Å². The van der Waals surface area contributed by atoms with Crippen LogP contribution in [-0.2, 0) is 12.8 Å². The minimum atomic E-state index is -0.0842. The summed E-state index contributed by atoms with van der Waals surface area (Å²) in [6.07, 6.45) is 1.43. The summed E-state index contributed by atoms with van der Waals surface area (Å²) >= 11 is 0. The summed E-state index contributed by atoms with van der Waals surface area (Å²) in [7, 11) is 6.51. The second-order valence-corrected chi connectivity index (χ2v) is 6.98. The number of ether oxygens (including phenoxy) is 3. The first-order valence-corrected chi connectivity index (χ1v) is 10.7. The van der Waals surface area contributed by atoms with Crippen LogP contribution in [0.25, 0.3) is 0 Å². The Labute approximate surface area is 213 Å². The van der Waals surface area contributed by atoms with Crippen molar-refractivity contribution in [2.45, 2.75) is 19.8 Å². The highest BCUT2D eigenvalue weighted by Crippen LogP contribution is 2.34. The number of amides is 1. The first kappa shape index (κ1) is 28.3. The Bertz CT molecular complexity index is 896. The fourth-order valence-corrected chi connectivity index (χ4v) is 3.28. The average Bonchev–Trinajstić information content (AvgIpc) is 2.83. The predicted molar refractivity (Wildman–Crippen MR) is 143 cm³/mol. The van der Waals surface area contributed by atoms with Crippen LogP contribution in [0, 0.1) is 0 Å². The van der Waals surface area contributed by atoms with Crippen molar-refractivity contribution in [3.63, 3.8) is 0 Å². The fraction of sp³-hybridized carbons (Fsp3) is 0.417. The molecule has 33 heavy (non-hydrogen) atoms. The minimum Gasteiger partial charge on any atom is -0.496 e. The number of benzene rings is 2. The van der Waals surface area contributed by atoms with E-state index in [1.165, 1.54) is 0 Å². The first-order valence-electron chi connectivity index (χ1n) is 10.7. The summed E-state index contributed by atoms with van der Waals surface area (Å²) < 4.78 is 16.3. The Morgan fingerprint density at radius 1 is 0.970 bits per heavy atom. The van der Waals surface area contributed by atoms with Crippen LogP contribution >= 0.6 is 24.0 Å². The molecule has 2 rings (SSSR count). The SMILES string of the molecule is CCNC(=NCCc1c(OC)cc(OC)cc1OC)NCCc1cccc(C(=O)NC)c1.I. The summed E-state index contributed by atoms with van der Waals surface area (Å²) in [5, 5.41) is 9.26. The van der Waals surface area contributed by atoms with Gasteiger partial charge in [-0.05, 0) is 37.5 Å². The maximum atomic E-state index is 11.8. The predicted octanol–water partition coefficient (Wildman–Crippen LogP) is 3.03. The van der Waals surface area contributed by atoms with Crippen molar-refractivity contribution in [3.8, 4) is 17.2 Å². The number of rotatable bonds is 11. The highest BCUT2D eigenvalue weighted by molar-refractivity contribution is 14.0. The van der Waals surface area contributed by atoms with Gasteiger partial charge in [0.2, 0.25) is 0 Å². The van der Waals surface area contributed by atoms with Crippen LogP contribution in [0.3, 0.4) is 0 Å². The van der Waals surface area contributed by atoms with Crippen LogP contribution in [-0.4, -0.2) is 59.9 Å². The molecule has 0 aromatic heterocycles. The van der Waals surface area contributed by atoms with Crippen molar-refractivity contribution in [2.24, 2.45) is 4.99 Å². The molecule has 8 nitrogen and oxygen atoms in total. The molecular weight excluding hydrogens is 535 g/mol. The lowest BCUT2D eigenvalue weighted by atomic mass is 10.1. The highest BCUT2D eigenvalue weighted by Gasteiger charge is 2.13. The molecule has 2 aromatic rings. The number of hydrogen-bond donors (Lipinski definition) is 3. The van der Waals surface area contributed by atoms with Crippen molar-refractivity contribution in [1.29, 1.82) is 0 Å². The van der Waals surface area contributed by atoms with Crippen LogP contribution in [0.4, 0.5) is 0 Å². The zero-order chi connectivity index (χ0) is 23.3. The van der Waals surface area contributed by atoms with Crippen molar-refractivity contribution in [1.82, 2.24) is 16.0 Å². The summed E-state index contributed by atoms with van der Waals surface area (Å²) in [4.78, 5) is 16.5. The Hall–Kier alpha value is -2.69. The molecule has 0 aliphatic carbocycles. The molecule has 182 valence electrons. The lowest BCUT2D eigenvalue weighted by Gasteiger charge is -2.15. The van der Waals surface area contributed by atoms with Gasteiger partial charge in [-0.15, -0.1) is 24.0 Å². The monoisotopic (exact) mass is 570 g/mol. The van der Waals surface area contributed by atoms with Crippen molar-refractivity contribution >= 4 is 35.8 Å². The molecule has 1 amide bonds. The molecule has 0 aliphatic heterocycles. The lowest BCUT2D eigenvalue weighted by molar-refractivity contribution is 0.0963. The highest BCUT2D eigenvalue weighted by atomic mass is 127. The van der Waals surface area contributed by atoms with E-state index in [1.807, 2.05) is 43.3 Å². The molecule has 0 unspecified atom stereocenters. The lowest BCUT2D eigenvalue weighted by Crippen LogP contribution is -2.38. The van der Waals surface area contributed by atoms with Gasteiger partial charge >= 0.3 is 0 Å². The molecule has 0 atom stereocenters. The van der Waals surface area contributed by atoms with Crippen molar-refractivity contribution < 1.29 is 19.0 Å². The fourth-order valence-electron chi connectivity index (χ4n) is 3.28. The number of aliphatic imine (C=N–C) groups is 1. The molecule has 0 saturated carbocycles. The van der Waals surface area contributed by atoms with Crippen LogP contribution in [0.15, 0.2) is 41.4 Å². The van der Waals surface area contributed by atoms with Crippen LogP contribution in [0.5, 0.6) is 17.2 Å². The molecule has 0 fully saturated rings. The number of carbonyl (C=O) groups is 1. The summed E-state index contributed by atoms with van der Waals surface area (Å²) in [5.41, 5.74) is 2.69. The van der Waals surface area contributed by atoms with Gasteiger partial charge in [-0.25, -0.2) is 0 Å². The third kappa shape index (κ3) is 8.64. The van der Waals surface area contributed by atoms with Gasteiger partial charge in [-0.3, -0.25) is 9.79 Å². The molecule has 0 radical (unpaired) electrons. The zero-order valence-corrected chi connectivity index (χ0v) is 22.3. The third-order valence-electron chi connectivity index (χ3n) is 4.92. The third-order valence-corrected chi connectivity index (χ3v) is 4.92. The van der Waals surface area contributed by atoms with E-state index in [0.29, 0.717) is 42.3 Å². The second kappa shape index (κ2) is 15.2. The van der Waals surface area contributed by atoms with Gasteiger partial charge in [0.05, 0.1) is 21.3 Å². The summed E-state index contributed by atoms with van der Waals surface area (Å²) in [5.74, 6) is 2.76. The van der Waals surface area contributed by atoms with Crippen LogP contribution < -0.4 is 30.2 Å². The van der Waals surface area contributed by atoms with Gasteiger partial charge in [0, 0.05) is 49.9 Å². The Kier molecular flexibility index (Phi) is 13.1. The number of hydrogen-bond acceptors (Lipinski definition) is 5. The molecule has 2 aromatic carbocycles. The van der Waals surface area contributed by atoms with Gasteiger partial charge in [0.15, 0.2) is 5.96 Å². The molecule has 3 N–H and O–H groups in total. The van der Waals surface area contributed by atoms with Gasteiger partial charge in [0.1, 0.15) is 17.2 Å². The normalized spacial score (nSPS) is 10.6. The number of halogens is 1. The molecule has 9 heteroatoms. The molecule has 0 saturated heterocycles. The van der Waals surface area contributed by atoms with E-state index in [1.54, 1.807) is 28.4 Å². The second-order valence-electron chi connectivity index (χ2n) is 6.98. The van der Waals surface area contributed by atoms with Gasteiger partial charge in [0.25, 0.3) is 5.91 Å². The molecule has 0 aliphatic rings. The first-order chi connectivity index (χ1) is 15.6. The van der Waals surface area contributed by atoms with Gasteiger partial charge < -0.3 is 30.2 Å². The Morgan fingerprint density at radius 3 is 2.24 bits per heavy atom. The van der Waals surface area contributed by atoms with E-state index >= 15 is 0 Å². The molecule has 0 bridgehead atoms. The zero-order valence-electron chi connectivity index (χ0n) is 20.0.